The molecule has 2 rings (SSSR count). The van der Waals surface area contributed by atoms with Gasteiger partial charge in [-0.15, -0.1) is 0 Å². The number of hydrogen-bond donors (Lipinski definition) is 1. The number of methoxy groups -OCH3 is 1. The molecule has 1 aliphatic heterocycles. The topological polar surface area (TPSA) is 55.4 Å². The SMILES string of the molecule is CNCC(Cc1cc(OC)ccc1Br)C1CCS(=O)(=O)C1. The highest BCUT2D eigenvalue weighted by Gasteiger charge is 2.33. The molecule has 0 radical (unpaired) electrons. The first kappa shape index (κ1) is 16.8. The number of ether oxygens (including phenoxy) is 1. The van der Waals surface area contributed by atoms with Crippen molar-refractivity contribution in [3.63, 3.8) is 0 Å². The Morgan fingerprint density at radius 3 is 2.81 bits per heavy atom. The van der Waals surface area contributed by atoms with Gasteiger partial charge in [0, 0.05) is 4.47 Å². The molecule has 0 bridgehead atoms. The molecule has 2 unspecified atom stereocenters. The standard InChI is InChI=1S/C15H22BrNO3S/c1-17-9-13(11-5-6-21(18,19)10-11)7-12-8-14(20-2)3-4-15(12)16/h3-4,8,11,13,17H,5-7,9-10H2,1-2H3. The van der Waals surface area contributed by atoms with E-state index in [9.17, 15) is 8.42 Å². The van der Waals surface area contributed by atoms with Crippen LogP contribution in [0.2, 0.25) is 0 Å². The fourth-order valence-electron chi connectivity index (χ4n) is 2.98. The summed E-state index contributed by atoms with van der Waals surface area (Å²) < 4.78 is 29.8. The summed E-state index contributed by atoms with van der Waals surface area (Å²) in [7, 11) is 0.730. The van der Waals surface area contributed by atoms with Gasteiger partial charge < -0.3 is 10.1 Å². The van der Waals surface area contributed by atoms with E-state index >= 15 is 0 Å². The lowest BCUT2D eigenvalue weighted by atomic mass is 9.86. The molecule has 0 saturated carbocycles. The van der Waals surface area contributed by atoms with Crippen molar-refractivity contribution in [2.45, 2.75) is 12.8 Å². The van der Waals surface area contributed by atoms with Crippen LogP contribution < -0.4 is 10.1 Å². The molecule has 2 atom stereocenters. The second kappa shape index (κ2) is 7.11. The lowest BCUT2D eigenvalue weighted by molar-refractivity contribution is 0.350. The van der Waals surface area contributed by atoms with Gasteiger partial charge in [0.05, 0.1) is 18.6 Å². The lowest BCUT2D eigenvalue weighted by Crippen LogP contribution is -2.28. The molecule has 1 aromatic rings. The summed E-state index contributed by atoms with van der Waals surface area (Å²) in [4.78, 5) is 0. The van der Waals surface area contributed by atoms with Crippen LogP contribution in [0.3, 0.4) is 0 Å². The predicted octanol–water partition coefficient (Wildman–Crippen LogP) is 2.27. The summed E-state index contributed by atoms with van der Waals surface area (Å²) in [5.74, 6) is 2.03. The second-order valence-electron chi connectivity index (χ2n) is 5.64. The van der Waals surface area contributed by atoms with E-state index in [0.717, 1.165) is 29.6 Å². The Kier molecular flexibility index (Phi) is 5.68. The maximum atomic E-state index is 11.7. The molecule has 1 fully saturated rings. The van der Waals surface area contributed by atoms with Crippen LogP contribution in [-0.2, 0) is 16.3 Å². The molecule has 0 aromatic heterocycles. The van der Waals surface area contributed by atoms with E-state index in [-0.39, 0.29) is 5.92 Å². The molecule has 0 aliphatic carbocycles. The van der Waals surface area contributed by atoms with Gasteiger partial charge in [-0.05, 0) is 62.0 Å². The fraction of sp³-hybridized carbons (Fsp3) is 0.600. The van der Waals surface area contributed by atoms with Crippen LogP contribution in [0.25, 0.3) is 0 Å². The van der Waals surface area contributed by atoms with Crippen molar-refractivity contribution in [3.05, 3.63) is 28.2 Å². The minimum absolute atomic E-state index is 0.237. The molecule has 0 spiro atoms. The number of rotatable bonds is 6. The van der Waals surface area contributed by atoms with E-state index < -0.39 is 9.84 Å². The zero-order chi connectivity index (χ0) is 15.5. The van der Waals surface area contributed by atoms with E-state index in [1.54, 1.807) is 7.11 Å². The average molecular weight is 376 g/mol. The summed E-state index contributed by atoms with van der Waals surface area (Å²) in [6, 6.07) is 5.92. The normalized spacial score (nSPS) is 22.1. The molecule has 118 valence electrons. The maximum absolute atomic E-state index is 11.7. The molecular formula is C15H22BrNO3S. The third-order valence-electron chi connectivity index (χ3n) is 4.14. The highest BCUT2D eigenvalue weighted by atomic mass is 79.9. The third kappa shape index (κ3) is 4.44. The minimum Gasteiger partial charge on any atom is -0.497 e. The largest absolute Gasteiger partial charge is 0.497 e. The Bertz CT molecular complexity index is 589. The van der Waals surface area contributed by atoms with Gasteiger partial charge >= 0.3 is 0 Å². The average Bonchev–Trinajstić information content (AvgIpc) is 2.81. The molecule has 4 nitrogen and oxygen atoms in total. The Hall–Kier alpha value is -0.590. The summed E-state index contributed by atoms with van der Waals surface area (Å²) >= 11 is 3.58. The van der Waals surface area contributed by atoms with Gasteiger partial charge in [-0.2, -0.15) is 0 Å². The number of nitrogens with one attached hydrogen (secondary N) is 1. The fourth-order valence-corrected chi connectivity index (χ4v) is 5.31. The lowest BCUT2D eigenvalue weighted by Gasteiger charge is -2.23. The molecular weight excluding hydrogens is 354 g/mol. The molecule has 6 heteroatoms. The van der Waals surface area contributed by atoms with Gasteiger partial charge in [0.25, 0.3) is 0 Å². The zero-order valence-electron chi connectivity index (χ0n) is 12.4. The van der Waals surface area contributed by atoms with Crippen molar-refractivity contribution < 1.29 is 13.2 Å². The minimum atomic E-state index is -2.84. The number of halogens is 1. The van der Waals surface area contributed by atoms with E-state index in [1.165, 1.54) is 5.56 Å². The van der Waals surface area contributed by atoms with Gasteiger partial charge in [0.1, 0.15) is 5.75 Å². The van der Waals surface area contributed by atoms with Crippen LogP contribution in [0.5, 0.6) is 5.75 Å². The summed E-state index contributed by atoms with van der Waals surface area (Å²) in [6.45, 7) is 0.823. The number of hydrogen-bond acceptors (Lipinski definition) is 4. The molecule has 1 aliphatic rings. The maximum Gasteiger partial charge on any atom is 0.150 e. The van der Waals surface area contributed by atoms with E-state index in [1.807, 2.05) is 25.2 Å². The summed E-state index contributed by atoms with van der Waals surface area (Å²) in [5.41, 5.74) is 1.17. The summed E-state index contributed by atoms with van der Waals surface area (Å²) in [6.07, 6.45) is 1.62. The Morgan fingerprint density at radius 2 is 2.24 bits per heavy atom. The zero-order valence-corrected chi connectivity index (χ0v) is 14.8. The van der Waals surface area contributed by atoms with Gasteiger partial charge in [-0.25, -0.2) is 8.42 Å². The first-order chi connectivity index (χ1) is 9.95. The van der Waals surface area contributed by atoms with E-state index in [4.69, 9.17) is 4.74 Å². The molecule has 21 heavy (non-hydrogen) atoms. The molecule has 1 aromatic carbocycles. The first-order valence-electron chi connectivity index (χ1n) is 7.12. The molecule has 1 N–H and O–H groups in total. The third-order valence-corrected chi connectivity index (χ3v) is 6.70. The number of benzene rings is 1. The van der Waals surface area contributed by atoms with Crippen molar-refractivity contribution in [2.75, 3.05) is 32.2 Å². The van der Waals surface area contributed by atoms with Crippen LogP contribution in [-0.4, -0.2) is 40.6 Å². The van der Waals surface area contributed by atoms with E-state index in [2.05, 4.69) is 21.2 Å². The van der Waals surface area contributed by atoms with Crippen molar-refractivity contribution in [1.82, 2.24) is 5.32 Å². The molecule has 1 heterocycles. The van der Waals surface area contributed by atoms with Crippen molar-refractivity contribution in [3.8, 4) is 5.75 Å². The van der Waals surface area contributed by atoms with Crippen LogP contribution >= 0.6 is 15.9 Å². The Labute approximate surface area is 135 Å². The highest BCUT2D eigenvalue weighted by molar-refractivity contribution is 9.10. The quantitative estimate of drug-likeness (QED) is 0.828. The van der Waals surface area contributed by atoms with Gasteiger partial charge in [-0.3, -0.25) is 0 Å². The number of sulfone groups is 1. The van der Waals surface area contributed by atoms with Crippen LogP contribution in [0.1, 0.15) is 12.0 Å². The van der Waals surface area contributed by atoms with Gasteiger partial charge in [0.2, 0.25) is 0 Å². The van der Waals surface area contributed by atoms with Crippen LogP contribution in [0.15, 0.2) is 22.7 Å². The van der Waals surface area contributed by atoms with Crippen molar-refractivity contribution >= 4 is 25.8 Å². The van der Waals surface area contributed by atoms with Gasteiger partial charge in [0.15, 0.2) is 9.84 Å². The monoisotopic (exact) mass is 375 g/mol. The smallest absolute Gasteiger partial charge is 0.150 e. The van der Waals surface area contributed by atoms with Crippen LogP contribution in [0, 0.1) is 11.8 Å². The second-order valence-corrected chi connectivity index (χ2v) is 8.73. The van der Waals surface area contributed by atoms with Crippen LogP contribution in [0.4, 0.5) is 0 Å². The molecule has 1 saturated heterocycles. The first-order valence-corrected chi connectivity index (χ1v) is 9.74. The van der Waals surface area contributed by atoms with Gasteiger partial charge in [-0.1, -0.05) is 15.9 Å². The Balaban J connectivity index is 2.16. The highest BCUT2D eigenvalue weighted by Crippen LogP contribution is 2.31. The predicted molar refractivity (Wildman–Crippen MR) is 88.6 cm³/mol. The Morgan fingerprint density at radius 1 is 1.48 bits per heavy atom. The van der Waals surface area contributed by atoms with Crippen molar-refractivity contribution in [2.24, 2.45) is 11.8 Å². The summed E-state index contributed by atoms with van der Waals surface area (Å²) in [5, 5.41) is 3.20. The molecule has 0 amide bonds. The van der Waals surface area contributed by atoms with E-state index in [0.29, 0.717) is 17.4 Å². The van der Waals surface area contributed by atoms with Crippen molar-refractivity contribution in [1.29, 1.82) is 0 Å².